The number of carbonyl (C=O) groups is 1. The third-order valence-corrected chi connectivity index (χ3v) is 3.82. The van der Waals surface area contributed by atoms with E-state index in [2.05, 4.69) is 10.1 Å². The molecule has 0 unspecified atom stereocenters. The zero-order valence-corrected chi connectivity index (χ0v) is 14.2. The normalized spacial score (nSPS) is 12.3. The molecule has 4 nitrogen and oxygen atoms in total. The zero-order valence-electron chi connectivity index (χ0n) is 14.2. The molecule has 2 rings (SSSR count). The monoisotopic (exact) mass is 370 g/mol. The quantitative estimate of drug-likeness (QED) is 0.749. The second-order valence-corrected chi connectivity index (χ2v) is 5.70. The number of rotatable bonds is 7. The maximum absolute atomic E-state index is 13.3. The van der Waals surface area contributed by atoms with Crippen LogP contribution in [0.3, 0.4) is 0 Å². The number of alkyl halides is 2. The number of carbonyl (C=O) groups excluding carboxylic acids is 1. The second-order valence-electron chi connectivity index (χ2n) is 5.70. The van der Waals surface area contributed by atoms with Crippen LogP contribution in [0.5, 0.6) is 5.75 Å². The van der Waals surface area contributed by atoms with Crippen LogP contribution in [0.2, 0.25) is 0 Å². The van der Waals surface area contributed by atoms with Crippen LogP contribution < -0.4 is 10.1 Å². The number of halogens is 4. The molecule has 26 heavy (non-hydrogen) atoms. The number of likely N-dealkylation sites (N-methyl/N-ethyl adjacent to an activating group) is 1. The number of benzene rings is 2. The maximum atomic E-state index is 13.3. The molecule has 0 heterocycles. The fraction of sp³-hybridized carbons (Fsp3) is 0.278. The number of nitrogens with zero attached hydrogens (tertiary/aromatic N) is 1. The summed E-state index contributed by atoms with van der Waals surface area (Å²) >= 11 is 0. The summed E-state index contributed by atoms with van der Waals surface area (Å²) in [6, 6.07) is 8.67. The molecule has 140 valence electrons. The maximum Gasteiger partial charge on any atom is 0.387 e. The van der Waals surface area contributed by atoms with Crippen molar-refractivity contribution in [3.05, 3.63) is 59.7 Å². The van der Waals surface area contributed by atoms with Crippen molar-refractivity contribution in [1.29, 1.82) is 0 Å². The van der Waals surface area contributed by atoms with Crippen LogP contribution in [0, 0.1) is 11.6 Å². The van der Waals surface area contributed by atoms with Crippen molar-refractivity contribution in [2.75, 3.05) is 12.4 Å². The van der Waals surface area contributed by atoms with Crippen molar-refractivity contribution in [3.8, 4) is 5.75 Å². The van der Waals surface area contributed by atoms with Gasteiger partial charge in [0.1, 0.15) is 5.75 Å². The Morgan fingerprint density at radius 3 is 2.50 bits per heavy atom. The van der Waals surface area contributed by atoms with Crippen LogP contribution in [0.25, 0.3) is 0 Å². The largest absolute Gasteiger partial charge is 0.433 e. The van der Waals surface area contributed by atoms with Gasteiger partial charge in [0.15, 0.2) is 11.6 Å². The summed E-state index contributed by atoms with van der Waals surface area (Å²) in [5, 5.41) is 2.53. The Hall–Kier alpha value is -2.61. The van der Waals surface area contributed by atoms with Gasteiger partial charge in [-0.15, -0.1) is 0 Å². The van der Waals surface area contributed by atoms with Crippen LogP contribution in [0.4, 0.5) is 23.2 Å². The lowest BCUT2D eigenvalue weighted by molar-refractivity contribution is -0.120. The highest BCUT2D eigenvalue weighted by Gasteiger charge is 2.20. The Bertz CT molecular complexity index is 771. The molecule has 0 saturated heterocycles. The predicted octanol–water partition coefficient (Wildman–Crippen LogP) is 4.03. The Labute approximate surface area is 148 Å². The molecule has 0 aliphatic carbocycles. The average Bonchev–Trinajstić information content (AvgIpc) is 2.58. The van der Waals surface area contributed by atoms with Crippen LogP contribution in [-0.2, 0) is 11.3 Å². The van der Waals surface area contributed by atoms with Gasteiger partial charge in [0.2, 0.25) is 5.91 Å². The van der Waals surface area contributed by atoms with Gasteiger partial charge in [-0.3, -0.25) is 9.69 Å². The molecule has 0 aromatic heterocycles. The van der Waals surface area contributed by atoms with E-state index in [4.69, 9.17) is 0 Å². The van der Waals surface area contributed by atoms with Crippen molar-refractivity contribution >= 4 is 11.6 Å². The Kier molecular flexibility index (Phi) is 6.57. The van der Waals surface area contributed by atoms with E-state index in [-0.39, 0.29) is 18.0 Å². The highest BCUT2D eigenvalue weighted by molar-refractivity contribution is 5.95. The molecule has 0 spiro atoms. The van der Waals surface area contributed by atoms with Gasteiger partial charge < -0.3 is 10.1 Å². The first-order chi connectivity index (χ1) is 12.3. The standard InChI is InChI=1S/C18H18F4N2O2/c1-11(24(2)10-12-7-8-13(19)14(20)9-12)17(25)23-15-5-3-4-6-16(15)26-18(21)22/h3-9,11,18H,10H2,1-2H3,(H,23,25)/t11-/m1/s1. The van der Waals surface area contributed by atoms with Crippen LogP contribution in [0.15, 0.2) is 42.5 Å². The predicted molar refractivity (Wildman–Crippen MR) is 89.0 cm³/mol. The van der Waals surface area contributed by atoms with Gasteiger partial charge in [-0.2, -0.15) is 8.78 Å². The third-order valence-electron chi connectivity index (χ3n) is 3.82. The van der Waals surface area contributed by atoms with E-state index in [0.29, 0.717) is 5.56 Å². The van der Waals surface area contributed by atoms with E-state index < -0.39 is 30.2 Å². The Morgan fingerprint density at radius 2 is 1.85 bits per heavy atom. The van der Waals surface area contributed by atoms with Crippen molar-refractivity contribution in [1.82, 2.24) is 4.90 Å². The lowest BCUT2D eigenvalue weighted by atomic mass is 10.1. The molecule has 0 bridgehead atoms. The highest BCUT2D eigenvalue weighted by atomic mass is 19.3. The minimum atomic E-state index is -3.01. The van der Waals surface area contributed by atoms with Crippen molar-refractivity contribution < 1.29 is 27.1 Å². The summed E-state index contributed by atoms with van der Waals surface area (Å²) in [5.41, 5.74) is 0.610. The number of anilines is 1. The molecule has 8 heteroatoms. The number of ether oxygens (including phenoxy) is 1. The van der Waals surface area contributed by atoms with Gasteiger partial charge in [0, 0.05) is 6.54 Å². The topological polar surface area (TPSA) is 41.6 Å². The molecule has 1 amide bonds. The number of amides is 1. The molecule has 1 N–H and O–H groups in total. The number of para-hydroxylation sites is 2. The summed E-state index contributed by atoms with van der Waals surface area (Å²) in [6.07, 6.45) is 0. The Balaban J connectivity index is 2.03. The van der Waals surface area contributed by atoms with E-state index in [9.17, 15) is 22.4 Å². The summed E-state index contributed by atoms with van der Waals surface area (Å²) in [4.78, 5) is 14.0. The molecule has 0 fully saturated rings. The van der Waals surface area contributed by atoms with E-state index in [1.165, 1.54) is 24.3 Å². The number of hydrogen-bond donors (Lipinski definition) is 1. The average molecular weight is 370 g/mol. The summed E-state index contributed by atoms with van der Waals surface area (Å²) in [7, 11) is 1.63. The molecular formula is C18H18F4N2O2. The summed E-state index contributed by atoms with van der Waals surface area (Å²) < 4.78 is 55.5. The zero-order chi connectivity index (χ0) is 19.3. The van der Waals surface area contributed by atoms with Gasteiger partial charge in [-0.05, 0) is 43.8 Å². The van der Waals surface area contributed by atoms with Gasteiger partial charge in [0.05, 0.1) is 11.7 Å². The fourth-order valence-corrected chi connectivity index (χ4v) is 2.27. The molecule has 2 aromatic carbocycles. The second kappa shape index (κ2) is 8.66. The first kappa shape index (κ1) is 19.7. The lowest BCUT2D eigenvalue weighted by Crippen LogP contribution is -2.39. The Morgan fingerprint density at radius 1 is 1.15 bits per heavy atom. The van der Waals surface area contributed by atoms with Gasteiger partial charge in [-0.25, -0.2) is 8.78 Å². The molecule has 1 atom stereocenters. The minimum Gasteiger partial charge on any atom is -0.433 e. The van der Waals surface area contributed by atoms with Crippen molar-refractivity contribution in [2.24, 2.45) is 0 Å². The van der Waals surface area contributed by atoms with E-state index >= 15 is 0 Å². The van der Waals surface area contributed by atoms with Crippen molar-refractivity contribution in [2.45, 2.75) is 26.1 Å². The third kappa shape index (κ3) is 5.19. The summed E-state index contributed by atoms with van der Waals surface area (Å²) in [6.45, 7) is -1.21. The van der Waals surface area contributed by atoms with E-state index in [0.717, 1.165) is 12.1 Å². The van der Waals surface area contributed by atoms with E-state index in [1.807, 2.05) is 0 Å². The lowest BCUT2D eigenvalue weighted by Gasteiger charge is -2.24. The first-order valence-electron chi connectivity index (χ1n) is 7.76. The smallest absolute Gasteiger partial charge is 0.387 e. The first-order valence-corrected chi connectivity index (χ1v) is 7.76. The fourth-order valence-electron chi connectivity index (χ4n) is 2.27. The molecule has 0 saturated carbocycles. The molecule has 0 aliphatic rings. The highest BCUT2D eigenvalue weighted by Crippen LogP contribution is 2.26. The van der Waals surface area contributed by atoms with Crippen LogP contribution in [-0.4, -0.2) is 30.5 Å². The SMILES string of the molecule is C[C@H](C(=O)Nc1ccccc1OC(F)F)N(C)Cc1ccc(F)c(F)c1. The van der Waals surface area contributed by atoms with Gasteiger partial charge >= 0.3 is 6.61 Å². The molecule has 2 aromatic rings. The number of hydrogen-bond acceptors (Lipinski definition) is 3. The molecule has 0 radical (unpaired) electrons. The van der Waals surface area contributed by atoms with Crippen LogP contribution >= 0.6 is 0 Å². The number of nitrogens with one attached hydrogen (secondary N) is 1. The van der Waals surface area contributed by atoms with Gasteiger partial charge in [-0.1, -0.05) is 18.2 Å². The minimum absolute atomic E-state index is 0.117. The van der Waals surface area contributed by atoms with Crippen molar-refractivity contribution in [3.63, 3.8) is 0 Å². The molecule has 0 aliphatic heterocycles. The molecular weight excluding hydrogens is 352 g/mol. The summed E-state index contributed by atoms with van der Waals surface area (Å²) in [5.74, 6) is -2.52. The van der Waals surface area contributed by atoms with Gasteiger partial charge in [0.25, 0.3) is 0 Å². The van der Waals surface area contributed by atoms with Crippen LogP contribution in [0.1, 0.15) is 12.5 Å². The van der Waals surface area contributed by atoms with E-state index in [1.54, 1.807) is 24.9 Å².